The van der Waals surface area contributed by atoms with Gasteiger partial charge in [0, 0.05) is 22.1 Å². The Morgan fingerprint density at radius 1 is 1.43 bits per heavy atom. The van der Waals surface area contributed by atoms with Gasteiger partial charge in [-0.25, -0.2) is 0 Å². The Morgan fingerprint density at radius 2 is 2.10 bits per heavy atom. The van der Waals surface area contributed by atoms with E-state index in [4.69, 9.17) is 16.1 Å². The molecule has 5 heteroatoms. The molecule has 110 valence electrons. The second-order valence-corrected chi connectivity index (χ2v) is 6.26. The molecule has 1 heterocycles. The maximum Gasteiger partial charge on any atom is 0.310 e. The molecule has 1 aliphatic rings. The molecule has 1 N–H and O–H groups in total. The minimum Gasteiger partial charge on any atom is -0.481 e. The zero-order valence-electron chi connectivity index (χ0n) is 11.9. The minimum absolute atomic E-state index is 0.202. The van der Waals surface area contributed by atoms with Crippen LogP contribution in [-0.2, 0) is 11.2 Å². The first-order valence-electron chi connectivity index (χ1n) is 6.91. The van der Waals surface area contributed by atoms with E-state index in [1.54, 1.807) is 6.92 Å². The summed E-state index contributed by atoms with van der Waals surface area (Å²) in [6, 6.07) is 7.42. The van der Waals surface area contributed by atoms with Gasteiger partial charge in [0.1, 0.15) is 11.5 Å². The van der Waals surface area contributed by atoms with Crippen LogP contribution in [0.2, 0.25) is 5.02 Å². The van der Waals surface area contributed by atoms with Crippen molar-refractivity contribution in [3.63, 3.8) is 0 Å². The summed E-state index contributed by atoms with van der Waals surface area (Å²) in [5.41, 5.74) is 1.95. The molecular weight excluding hydrogens is 290 g/mol. The molecule has 2 atom stereocenters. The normalized spacial score (nSPS) is 24.6. The lowest BCUT2D eigenvalue weighted by Crippen LogP contribution is -2.36. The van der Waals surface area contributed by atoms with Gasteiger partial charge >= 0.3 is 5.97 Å². The number of carboxylic acids is 1. The number of fused-ring (bicyclic) bond motifs is 1. The number of aliphatic carboxylic acids is 1. The van der Waals surface area contributed by atoms with Crippen molar-refractivity contribution in [2.45, 2.75) is 32.6 Å². The van der Waals surface area contributed by atoms with Gasteiger partial charge in [-0.05, 0) is 31.9 Å². The van der Waals surface area contributed by atoms with E-state index in [0.717, 1.165) is 16.8 Å². The summed E-state index contributed by atoms with van der Waals surface area (Å²) in [5, 5.41) is 14.3. The van der Waals surface area contributed by atoms with Crippen LogP contribution < -0.4 is 0 Å². The molecule has 21 heavy (non-hydrogen) atoms. The van der Waals surface area contributed by atoms with E-state index in [0.29, 0.717) is 23.6 Å². The standard InChI is InChI=1S/C16H16ClNO3/c1-9-14-12(7-8-16(9,2)15(19)20)13(18-21-14)10-3-5-11(17)6-4-10/h3-6,9H,7-8H2,1-2H3,(H,19,20). The van der Waals surface area contributed by atoms with Crippen molar-refractivity contribution in [3.8, 4) is 11.3 Å². The van der Waals surface area contributed by atoms with Crippen molar-refractivity contribution in [1.29, 1.82) is 0 Å². The fourth-order valence-electron chi connectivity index (χ4n) is 2.92. The van der Waals surface area contributed by atoms with Crippen LogP contribution in [0.4, 0.5) is 0 Å². The van der Waals surface area contributed by atoms with E-state index in [1.165, 1.54) is 0 Å². The zero-order chi connectivity index (χ0) is 15.2. The van der Waals surface area contributed by atoms with Crippen LogP contribution >= 0.6 is 11.6 Å². The van der Waals surface area contributed by atoms with E-state index in [9.17, 15) is 9.90 Å². The molecular formula is C16H16ClNO3. The molecule has 1 aromatic carbocycles. The lowest BCUT2D eigenvalue weighted by molar-refractivity contribution is -0.150. The van der Waals surface area contributed by atoms with Crippen LogP contribution in [-0.4, -0.2) is 16.2 Å². The smallest absolute Gasteiger partial charge is 0.310 e. The molecule has 0 spiro atoms. The molecule has 4 nitrogen and oxygen atoms in total. The van der Waals surface area contributed by atoms with Gasteiger partial charge in [0.2, 0.25) is 0 Å². The minimum atomic E-state index is -0.802. The fourth-order valence-corrected chi connectivity index (χ4v) is 3.05. The predicted octanol–water partition coefficient (Wildman–Crippen LogP) is 4.14. The van der Waals surface area contributed by atoms with Gasteiger partial charge in [0.25, 0.3) is 0 Å². The third-order valence-electron chi connectivity index (χ3n) is 4.67. The summed E-state index contributed by atoms with van der Waals surface area (Å²) in [6.07, 6.45) is 1.24. The number of rotatable bonds is 2. The highest BCUT2D eigenvalue weighted by atomic mass is 35.5. The van der Waals surface area contributed by atoms with Crippen molar-refractivity contribution in [2.24, 2.45) is 5.41 Å². The number of carbonyl (C=O) groups is 1. The SMILES string of the molecule is CC1c2onc(-c3ccc(Cl)cc3)c2CCC1(C)C(=O)O. The van der Waals surface area contributed by atoms with Gasteiger partial charge in [0.05, 0.1) is 5.41 Å². The molecule has 1 aliphatic carbocycles. The molecule has 0 fully saturated rings. The van der Waals surface area contributed by atoms with Crippen LogP contribution in [0.3, 0.4) is 0 Å². The number of benzene rings is 1. The highest BCUT2D eigenvalue weighted by Gasteiger charge is 2.46. The largest absolute Gasteiger partial charge is 0.481 e. The molecule has 2 unspecified atom stereocenters. The quantitative estimate of drug-likeness (QED) is 0.906. The van der Waals surface area contributed by atoms with E-state index < -0.39 is 11.4 Å². The highest BCUT2D eigenvalue weighted by Crippen LogP contribution is 2.47. The number of hydrogen-bond acceptors (Lipinski definition) is 3. The molecule has 0 amide bonds. The summed E-state index contributed by atoms with van der Waals surface area (Å²) in [4.78, 5) is 11.5. The lowest BCUT2D eigenvalue weighted by Gasteiger charge is -2.34. The number of carboxylic acid groups (broad SMARTS) is 1. The number of nitrogens with zero attached hydrogens (tertiary/aromatic N) is 1. The topological polar surface area (TPSA) is 63.3 Å². The van der Waals surface area contributed by atoms with Gasteiger partial charge in [0.15, 0.2) is 0 Å². The monoisotopic (exact) mass is 305 g/mol. The van der Waals surface area contributed by atoms with Crippen molar-refractivity contribution >= 4 is 17.6 Å². The molecule has 0 aliphatic heterocycles. The summed E-state index contributed by atoms with van der Waals surface area (Å²) >= 11 is 5.90. The summed E-state index contributed by atoms with van der Waals surface area (Å²) in [6.45, 7) is 3.66. The molecule has 0 radical (unpaired) electrons. The van der Waals surface area contributed by atoms with Gasteiger partial charge < -0.3 is 9.63 Å². The van der Waals surface area contributed by atoms with Crippen molar-refractivity contribution in [2.75, 3.05) is 0 Å². The second-order valence-electron chi connectivity index (χ2n) is 5.83. The highest BCUT2D eigenvalue weighted by molar-refractivity contribution is 6.30. The van der Waals surface area contributed by atoms with Crippen molar-refractivity contribution < 1.29 is 14.4 Å². The van der Waals surface area contributed by atoms with E-state index >= 15 is 0 Å². The first-order chi connectivity index (χ1) is 9.93. The fraction of sp³-hybridized carbons (Fsp3) is 0.375. The predicted molar refractivity (Wildman–Crippen MR) is 79.4 cm³/mol. The third-order valence-corrected chi connectivity index (χ3v) is 4.92. The number of halogens is 1. The maximum atomic E-state index is 11.5. The summed E-state index contributed by atoms with van der Waals surface area (Å²) in [7, 11) is 0. The van der Waals surface area contributed by atoms with Crippen LogP contribution in [0.5, 0.6) is 0 Å². The molecule has 2 aromatic rings. The van der Waals surface area contributed by atoms with Gasteiger partial charge in [-0.2, -0.15) is 0 Å². The average molecular weight is 306 g/mol. The van der Waals surface area contributed by atoms with Crippen molar-refractivity contribution in [1.82, 2.24) is 5.16 Å². The maximum absolute atomic E-state index is 11.5. The van der Waals surface area contributed by atoms with Crippen LogP contribution in [0, 0.1) is 5.41 Å². The Balaban J connectivity index is 2.04. The molecule has 0 saturated carbocycles. The van der Waals surface area contributed by atoms with Crippen molar-refractivity contribution in [3.05, 3.63) is 40.6 Å². The molecule has 0 saturated heterocycles. The van der Waals surface area contributed by atoms with E-state index in [-0.39, 0.29) is 5.92 Å². The first kappa shape index (κ1) is 14.1. The van der Waals surface area contributed by atoms with Crippen LogP contribution in [0.25, 0.3) is 11.3 Å². The Labute approximate surface area is 127 Å². The Bertz CT molecular complexity index is 692. The Kier molecular flexibility index (Phi) is 3.29. The zero-order valence-corrected chi connectivity index (χ0v) is 12.6. The van der Waals surface area contributed by atoms with Gasteiger partial charge in [-0.1, -0.05) is 35.8 Å². The van der Waals surface area contributed by atoms with Crippen LogP contribution in [0.15, 0.2) is 28.8 Å². The molecule has 1 aromatic heterocycles. The molecule has 0 bridgehead atoms. The number of aromatic nitrogens is 1. The summed E-state index contributed by atoms with van der Waals surface area (Å²) < 4.78 is 5.48. The molecule has 3 rings (SSSR count). The number of hydrogen-bond donors (Lipinski definition) is 1. The second kappa shape index (κ2) is 4.88. The first-order valence-corrected chi connectivity index (χ1v) is 7.29. The Morgan fingerprint density at radius 3 is 2.71 bits per heavy atom. The van der Waals surface area contributed by atoms with E-state index in [1.807, 2.05) is 31.2 Å². The van der Waals surface area contributed by atoms with Crippen LogP contribution in [0.1, 0.15) is 37.5 Å². The summed E-state index contributed by atoms with van der Waals surface area (Å²) in [5.74, 6) is -0.298. The van der Waals surface area contributed by atoms with Gasteiger partial charge in [-0.3, -0.25) is 4.79 Å². The third kappa shape index (κ3) is 2.14. The van der Waals surface area contributed by atoms with Gasteiger partial charge in [-0.15, -0.1) is 0 Å². The lowest BCUT2D eigenvalue weighted by atomic mass is 9.68. The Hall–Kier alpha value is -1.81. The average Bonchev–Trinajstić information content (AvgIpc) is 2.88. The van der Waals surface area contributed by atoms with E-state index in [2.05, 4.69) is 5.16 Å².